The Labute approximate surface area is 172 Å². The van der Waals surface area contributed by atoms with Crippen LogP contribution in [0.15, 0.2) is 78.9 Å². The van der Waals surface area contributed by atoms with Crippen molar-refractivity contribution in [2.75, 3.05) is 5.32 Å². The lowest BCUT2D eigenvalue weighted by Gasteiger charge is -2.04. The third-order valence-corrected chi connectivity index (χ3v) is 5.28. The summed E-state index contributed by atoms with van der Waals surface area (Å²) in [5, 5.41) is 12.1. The molecule has 1 N–H and O–H groups in total. The van der Waals surface area contributed by atoms with Gasteiger partial charge in [0.1, 0.15) is 5.01 Å². The van der Waals surface area contributed by atoms with Crippen molar-refractivity contribution in [1.29, 1.82) is 0 Å². The first-order chi connectivity index (χ1) is 14.1. The van der Waals surface area contributed by atoms with Crippen molar-refractivity contribution < 1.29 is 9.59 Å². The topological polar surface area (TPSA) is 72.0 Å². The van der Waals surface area contributed by atoms with E-state index in [0.717, 1.165) is 10.6 Å². The molecule has 6 heteroatoms. The number of aryl methyl sites for hydroxylation is 1. The summed E-state index contributed by atoms with van der Waals surface area (Å²) in [4.78, 5) is 25.0. The van der Waals surface area contributed by atoms with Crippen molar-refractivity contribution in [2.24, 2.45) is 0 Å². The number of nitrogens with one attached hydrogen (secondary N) is 1. The van der Waals surface area contributed by atoms with Gasteiger partial charge in [-0.05, 0) is 19.1 Å². The molecule has 0 aliphatic heterocycles. The van der Waals surface area contributed by atoms with E-state index in [0.29, 0.717) is 21.8 Å². The molecule has 0 unspecified atom stereocenters. The Morgan fingerprint density at radius 2 is 1.38 bits per heavy atom. The van der Waals surface area contributed by atoms with Gasteiger partial charge in [-0.1, -0.05) is 83.6 Å². The van der Waals surface area contributed by atoms with Crippen LogP contribution in [0.4, 0.5) is 5.13 Å². The molecule has 0 saturated heterocycles. The molecule has 1 amide bonds. The zero-order valence-electron chi connectivity index (χ0n) is 15.6. The van der Waals surface area contributed by atoms with Crippen molar-refractivity contribution in [3.05, 3.63) is 101 Å². The highest BCUT2D eigenvalue weighted by molar-refractivity contribution is 7.18. The van der Waals surface area contributed by atoms with Gasteiger partial charge in [-0.25, -0.2) is 0 Å². The molecular weight excluding hydrogens is 382 g/mol. The highest BCUT2D eigenvalue weighted by Crippen LogP contribution is 2.26. The molecule has 142 valence electrons. The van der Waals surface area contributed by atoms with Gasteiger partial charge < -0.3 is 0 Å². The van der Waals surface area contributed by atoms with Gasteiger partial charge in [0.05, 0.1) is 0 Å². The van der Waals surface area contributed by atoms with E-state index < -0.39 is 0 Å². The molecule has 4 aromatic rings. The van der Waals surface area contributed by atoms with Crippen LogP contribution in [0.2, 0.25) is 0 Å². The van der Waals surface area contributed by atoms with Crippen LogP contribution in [0.25, 0.3) is 10.6 Å². The molecule has 29 heavy (non-hydrogen) atoms. The van der Waals surface area contributed by atoms with Crippen LogP contribution in [0.1, 0.15) is 31.8 Å². The van der Waals surface area contributed by atoms with Crippen LogP contribution in [-0.2, 0) is 0 Å². The Kier molecular flexibility index (Phi) is 5.27. The van der Waals surface area contributed by atoms with Crippen molar-refractivity contribution in [3.8, 4) is 10.6 Å². The summed E-state index contributed by atoms with van der Waals surface area (Å²) in [5.41, 5.74) is 3.72. The fourth-order valence-electron chi connectivity index (χ4n) is 2.78. The fourth-order valence-corrected chi connectivity index (χ4v) is 3.53. The standard InChI is InChI=1S/C23H17N3O2S/c1-15-7-9-19(10-8-15)22-25-26-23(29-22)24-21(28)18-13-11-17(12-14-18)20(27)16-5-3-2-4-6-16/h2-14H,1H3,(H,24,26,28). The number of carbonyl (C=O) groups is 2. The van der Waals surface area contributed by atoms with E-state index in [1.807, 2.05) is 49.4 Å². The summed E-state index contributed by atoms with van der Waals surface area (Å²) in [5.74, 6) is -0.375. The lowest BCUT2D eigenvalue weighted by molar-refractivity contribution is 0.102. The van der Waals surface area contributed by atoms with Crippen molar-refractivity contribution in [2.45, 2.75) is 6.92 Å². The zero-order valence-corrected chi connectivity index (χ0v) is 16.4. The molecule has 0 fully saturated rings. The minimum absolute atomic E-state index is 0.0792. The van der Waals surface area contributed by atoms with E-state index in [1.165, 1.54) is 16.9 Å². The summed E-state index contributed by atoms with van der Waals surface area (Å²) >= 11 is 1.31. The fraction of sp³-hybridized carbons (Fsp3) is 0.0435. The van der Waals surface area contributed by atoms with Gasteiger partial charge in [0.2, 0.25) is 5.13 Å². The highest BCUT2D eigenvalue weighted by atomic mass is 32.1. The maximum Gasteiger partial charge on any atom is 0.257 e. The van der Waals surface area contributed by atoms with E-state index in [-0.39, 0.29) is 11.7 Å². The SMILES string of the molecule is Cc1ccc(-c2nnc(NC(=O)c3ccc(C(=O)c4ccccc4)cc3)s2)cc1. The third-order valence-electron chi connectivity index (χ3n) is 4.39. The lowest BCUT2D eigenvalue weighted by Crippen LogP contribution is -2.12. The van der Waals surface area contributed by atoms with Gasteiger partial charge in [0.25, 0.3) is 5.91 Å². The summed E-state index contributed by atoms with van der Waals surface area (Å²) in [7, 11) is 0. The molecule has 0 aliphatic rings. The number of aromatic nitrogens is 2. The van der Waals surface area contributed by atoms with Crippen LogP contribution in [-0.4, -0.2) is 21.9 Å². The Morgan fingerprint density at radius 1 is 0.759 bits per heavy atom. The van der Waals surface area contributed by atoms with Crippen LogP contribution < -0.4 is 5.32 Å². The second-order valence-corrected chi connectivity index (χ2v) is 7.48. The maximum absolute atomic E-state index is 12.5. The van der Waals surface area contributed by atoms with Crippen LogP contribution in [0.5, 0.6) is 0 Å². The first-order valence-corrected chi connectivity index (χ1v) is 9.83. The first-order valence-electron chi connectivity index (χ1n) is 9.02. The van der Waals surface area contributed by atoms with Crippen LogP contribution in [0, 0.1) is 6.92 Å². The van der Waals surface area contributed by atoms with Gasteiger partial charge in [0.15, 0.2) is 5.78 Å². The number of rotatable bonds is 5. The average molecular weight is 399 g/mol. The second kappa shape index (κ2) is 8.16. The Balaban J connectivity index is 1.45. The molecule has 4 rings (SSSR count). The predicted molar refractivity (Wildman–Crippen MR) is 114 cm³/mol. The molecule has 0 bridgehead atoms. The molecule has 1 heterocycles. The number of hydrogen-bond donors (Lipinski definition) is 1. The number of nitrogens with zero attached hydrogens (tertiary/aromatic N) is 2. The molecule has 0 atom stereocenters. The Hall–Kier alpha value is -3.64. The number of ketones is 1. The van der Waals surface area contributed by atoms with Gasteiger partial charge in [-0.15, -0.1) is 10.2 Å². The number of amides is 1. The summed E-state index contributed by atoms with van der Waals surface area (Å²) in [6.07, 6.45) is 0. The van der Waals surface area contributed by atoms with Crippen molar-refractivity contribution in [1.82, 2.24) is 10.2 Å². The first kappa shape index (κ1) is 18.7. The molecule has 0 radical (unpaired) electrons. The quantitative estimate of drug-likeness (QED) is 0.480. The van der Waals surface area contributed by atoms with Crippen LogP contribution in [0.3, 0.4) is 0 Å². The smallest absolute Gasteiger partial charge is 0.257 e. The number of benzene rings is 3. The number of carbonyl (C=O) groups excluding carboxylic acids is 2. The molecule has 1 aromatic heterocycles. The highest BCUT2D eigenvalue weighted by Gasteiger charge is 2.13. The molecule has 0 aliphatic carbocycles. The van der Waals surface area contributed by atoms with Gasteiger partial charge in [-0.3, -0.25) is 14.9 Å². The monoisotopic (exact) mass is 399 g/mol. The lowest BCUT2D eigenvalue weighted by atomic mass is 10.0. The second-order valence-electron chi connectivity index (χ2n) is 6.51. The maximum atomic E-state index is 12.5. The predicted octanol–water partition coefficient (Wildman–Crippen LogP) is 5.00. The van der Waals surface area contributed by atoms with E-state index >= 15 is 0 Å². The van der Waals surface area contributed by atoms with Crippen molar-refractivity contribution >= 4 is 28.2 Å². The zero-order chi connectivity index (χ0) is 20.2. The largest absolute Gasteiger partial charge is 0.296 e. The molecule has 0 spiro atoms. The van der Waals surface area contributed by atoms with E-state index in [9.17, 15) is 9.59 Å². The van der Waals surface area contributed by atoms with Gasteiger partial charge in [0, 0.05) is 22.3 Å². The minimum Gasteiger partial charge on any atom is -0.296 e. The molecule has 5 nitrogen and oxygen atoms in total. The number of hydrogen-bond acceptors (Lipinski definition) is 5. The van der Waals surface area contributed by atoms with Crippen molar-refractivity contribution in [3.63, 3.8) is 0 Å². The van der Waals surface area contributed by atoms with E-state index in [1.54, 1.807) is 36.4 Å². The van der Waals surface area contributed by atoms with Crippen LogP contribution >= 0.6 is 11.3 Å². The summed E-state index contributed by atoms with van der Waals surface area (Å²) < 4.78 is 0. The summed E-state index contributed by atoms with van der Waals surface area (Å²) in [6, 6.07) is 23.6. The Morgan fingerprint density at radius 3 is 2.07 bits per heavy atom. The average Bonchev–Trinajstić information content (AvgIpc) is 3.23. The van der Waals surface area contributed by atoms with E-state index in [4.69, 9.17) is 0 Å². The summed E-state index contributed by atoms with van der Waals surface area (Å²) in [6.45, 7) is 2.02. The molecule has 3 aromatic carbocycles. The van der Waals surface area contributed by atoms with Gasteiger partial charge >= 0.3 is 0 Å². The van der Waals surface area contributed by atoms with Gasteiger partial charge in [-0.2, -0.15) is 0 Å². The van der Waals surface area contributed by atoms with E-state index in [2.05, 4.69) is 15.5 Å². The Bertz CT molecular complexity index is 1150. The molecular formula is C23H17N3O2S. The minimum atomic E-state index is -0.296. The normalized spacial score (nSPS) is 10.5. The third kappa shape index (κ3) is 4.28. The number of anilines is 1. The molecule has 0 saturated carbocycles.